The Balaban J connectivity index is 2.21. The zero-order valence-electron chi connectivity index (χ0n) is 10.8. The summed E-state index contributed by atoms with van der Waals surface area (Å²) in [6.45, 7) is 3.63. The van der Waals surface area contributed by atoms with Gasteiger partial charge in [-0.2, -0.15) is 0 Å². The van der Waals surface area contributed by atoms with Gasteiger partial charge in [0.25, 0.3) is 0 Å². The Kier molecular flexibility index (Phi) is 3.91. The summed E-state index contributed by atoms with van der Waals surface area (Å²) in [5, 5.41) is 3.13. The van der Waals surface area contributed by atoms with Crippen molar-refractivity contribution >= 4 is 11.6 Å². The maximum atomic E-state index is 13.7. The molecular weight excluding hydrogens is 245 g/mol. The normalized spacial score (nSPS) is 12.0. The Morgan fingerprint density at radius 1 is 1.21 bits per heavy atom. The molecule has 100 valence electrons. The van der Waals surface area contributed by atoms with Gasteiger partial charge in [0, 0.05) is 11.6 Å². The Labute approximate surface area is 111 Å². The number of aromatic nitrogens is 2. The van der Waals surface area contributed by atoms with Crippen LogP contribution in [0, 0.1) is 12.7 Å². The van der Waals surface area contributed by atoms with E-state index >= 15 is 0 Å². The van der Waals surface area contributed by atoms with E-state index in [9.17, 15) is 4.39 Å². The molecule has 0 aliphatic carbocycles. The minimum atomic E-state index is -0.245. The van der Waals surface area contributed by atoms with Crippen molar-refractivity contribution in [1.82, 2.24) is 9.97 Å². The van der Waals surface area contributed by atoms with Crippen LogP contribution in [0.15, 0.2) is 30.3 Å². The average Bonchev–Trinajstić information content (AvgIpc) is 2.38. The number of anilines is 2. The van der Waals surface area contributed by atoms with E-state index in [-0.39, 0.29) is 11.9 Å². The summed E-state index contributed by atoms with van der Waals surface area (Å²) in [6.07, 6.45) is 0. The van der Waals surface area contributed by atoms with Crippen LogP contribution in [0.1, 0.15) is 24.4 Å². The van der Waals surface area contributed by atoms with Gasteiger partial charge in [-0.25, -0.2) is 20.2 Å². The largest absolute Gasteiger partial charge is 0.363 e. The molecule has 19 heavy (non-hydrogen) atoms. The lowest BCUT2D eigenvalue weighted by molar-refractivity contribution is 0.600. The predicted molar refractivity (Wildman–Crippen MR) is 73.0 cm³/mol. The van der Waals surface area contributed by atoms with E-state index in [1.165, 1.54) is 6.07 Å². The molecular formula is C13H16FN5. The fourth-order valence-corrected chi connectivity index (χ4v) is 1.84. The third-order valence-corrected chi connectivity index (χ3v) is 2.72. The topological polar surface area (TPSA) is 75.9 Å². The van der Waals surface area contributed by atoms with Crippen LogP contribution in [0.2, 0.25) is 0 Å². The first-order valence-corrected chi connectivity index (χ1v) is 5.93. The van der Waals surface area contributed by atoms with Crippen molar-refractivity contribution in [2.24, 2.45) is 5.84 Å². The van der Waals surface area contributed by atoms with Crippen molar-refractivity contribution in [2.75, 3.05) is 10.7 Å². The standard InChI is InChI=1S/C13H16FN5/c1-8(10-5-3-4-6-11(10)14)16-12-7-13(19-15)18-9(2)17-12/h3-8H,15H2,1-2H3,(H2,16,17,18,19). The first-order chi connectivity index (χ1) is 9.10. The molecule has 0 radical (unpaired) electrons. The number of nitrogens with zero attached hydrogens (tertiary/aromatic N) is 2. The molecule has 5 nitrogen and oxygen atoms in total. The van der Waals surface area contributed by atoms with Crippen molar-refractivity contribution in [3.05, 3.63) is 47.5 Å². The van der Waals surface area contributed by atoms with Gasteiger partial charge in [-0.3, -0.25) is 0 Å². The highest BCUT2D eigenvalue weighted by Crippen LogP contribution is 2.21. The number of hydrogen-bond acceptors (Lipinski definition) is 5. The maximum Gasteiger partial charge on any atom is 0.145 e. The second-order valence-corrected chi connectivity index (χ2v) is 4.22. The van der Waals surface area contributed by atoms with Crippen LogP contribution < -0.4 is 16.6 Å². The third-order valence-electron chi connectivity index (χ3n) is 2.72. The maximum absolute atomic E-state index is 13.7. The first-order valence-electron chi connectivity index (χ1n) is 5.93. The predicted octanol–water partition coefficient (Wildman–Crippen LogP) is 2.38. The van der Waals surface area contributed by atoms with Crippen LogP contribution in [0.5, 0.6) is 0 Å². The molecule has 2 rings (SSSR count). The smallest absolute Gasteiger partial charge is 0.145 e. The van der Waals surface area contributed by atoms with Crippen LogP contribution in [0.25, 0.3) is 0 Å². The van der Waals surface area contributed by atoms with Crippen molar-refractivity contribution in [3.63, 3.8) is 0 Å². The van der Waals surface area contributed by atoms with Crippen LogP contribution in [-0.2, 0) is 0 Å². The number of hydrazine groups is 1. The molecule has 0 amide bonds. The van der Waals surface area contributed by atoms with E-state index in [2.05, 4.69) is 20.7 Å². The van der Waals surface area contributed by atoms with Gasteiger partial charge in [0.05, 0.1) is 6.04 Å². The Morgan fingerprint density at radius 3 is 2.58 bits per heavy atom. The minimum absolute atomic E-state index is 0.207. The van der Waals surface area contributed by atoms with Gasteiger partial charge in [-0.1, -0.05) is 18.2 Å². The summed E-state index contributed by atoms with van der Waals surface area (Å²) in [5.41, 5.74) is 3.05. The summed E-state index contributed by atoms with van der Waals surface area (Å²) in [5.74, 6) is 6.77. The molecule has 0 saturated heterocycles. The molecule has 1 heterocycles. The van der Waals surface area contributed by atoms with E-state index < -0.39 is 0 Å². The molecule has 0 fully saturated rings. The second-order valence-electron chi connectivity index (χ2n) is 4.22. The van der Waals surface area contributed by atoms with Crippen LogP contribution in [0.3, 0.4) is 0 Å². The average molecular weight is 261 g/mol. The number of rotatable bonds is 4. The molecule has 1 unspecified atom stereocenters. The van der Waals surface area contributed by atoms with Gasteiger partial charge >= 0.3 is 0 Å². The zero-order chi connectivity index (χ0) is 13.8. The van der Waals surface area contributed by atoms with Gasteiger partial charge in [0.1, 0.15) is 23.3 Å². The molecule has 0 saturated carbocycles. The molecule has 1 atom stereocenters. The molecule has 0 bridgehead atoms. The van der Waals surface area contributed by atoms with Crippen molar-refractivity contribution < 1.29 is 4.39 Å². The number of hydrogen-bond donors (Lipinski definition) is 3. The molecule has 2 aromatic rings. The van der Waals surface area contributed by atoms with Crippen LogP contribution in [-0.4, -0.2) is 9.97 Å². The van der Waals surface area contributed by atoms with Gasteiger partial charge in [0.2, 0.25) is 0 Å². The lowest BCUT2D eigenvalue weighted by Crippen LogP contribution is -2.13. The summed E-state index contributed by atoms with van der Waals surface area (Å²) in [6, 6.07) is 8.10. The van der Waals surface area contributed by atoms with Crippen molar-refractivity contribution in [3.8, 4) is 0 Å². The SMILES string of the molecule is Cc1nc(NN)cc(NC(C)c2ccccc2F)n1. The fourth-order valence-electron chi connectivity index (χ4n) is 1.84. The lowest BCUT2D eigenvalue weighted by Gasteiger charge is -2.16. The summed E-state index contributed by atoms with van der Waals surface area (Å²) in [4.78, 5) is 8.33. The molecule has 0 aliphatic rings. The number of benzene rings is 1. The third kappa shape index (κ3) is 3.17. The molecule has 1 aromatic heterocycles. The second kappa shape index (κ2) is 5.62. The van der Waals surface area contributed by atoms with Gasteiger partial charge in [-0.15, -0.1) is 0 Å². The van der Waals surface area contributed by atoms with E-state index in [4.69, 9.17) is 5.84 Å². The van der Waals surface area contributed by atoms with Crippen molar-refractivity contribution in [2.45, 2.75) is 19.9 Å². The van der Waals surface area contributed by atoms with Crippen molar-refractivity contribution in [1.29, 1.82) is 0 Å². The van der Waals surface area contributed by atoms with E-state index in [1.54, 1.807) is 31.2 Å². The Morgan fingerprint density at radius 2 is 1.89 bits per heavy atom. The summed E-state index contributed by atoms with van der Waals surface area (Å²) < 4.78 is 13.7. The molecule has 4 N–H and O–H groups in total. The minimum Gasteiger partial charge on any atom is -0.363 e. The van der Waals surface area contributed by atoms with Crippen LogP contribution >= 0.6 is 0 Å². The molecule has 1 aromatic carbocycles. The number of nitrogens with one attached hydrogen (secondary N) is 2. The molecule has 0 spiro atoms. The number of halogens is 1. The van der Waals surface area contributed by atoms with Gasteiger partial charge in [0.15, 0.2) is 0 Å². The first kappa shape index (κ1) is 13.2. The summed E-state index contributed by atoms with van der Waals surface area (Å²) >= 11 is 0. The Hall–Kier alpha value is -2.21. The van der Waals surface area contributed by atoms with Gasteiger partial charge < -0.3 is 10.7 Å². The molecule has 6 heteroatoms. The Bertz CT molecular complexity index is 573. The number of aryl methyl sites for hydroxylation is 1. The monoisotopic (exact) mass is 261 g/mol. The van der Waals surface area contributed by atoms with E-state index in [0.29, 0.717) is 23.0 Å². The number of nitrogen functional groups attached to an aromatic ring is 1. The summed E-state index contributed by atoms with van der Waals surface area (Å²) in [7, 11) is 0. The number of nitrogens with two attached hydrogens (primary N) is 1. The van der Waals surface area contributed by atoms with E-state index in [1.807, 2.05) is 6.92 Å². The quantitative estimate of drug-likeness (QED) is 0.582. The highest BCUT2D eigenvalue weighted by Gasteiger charge is 2.11. The van der Waals surface area contributed by atoms with Gasteiger partial charge in [-0.05, 0) is 19.9 Å². The van der Waals surface area contributed by atoms with Crippen LogP contribution in [0.4, 0.5) is 16.0 Å². The highest BCUT2D eigenvalue weighted by molar-refractivity contribution is 5.48. The van der Waals surface area contributed by atoms with E-state index in [0.717, 1.165) is 0 Å². The highest BCUT2D eigenvalue weighted by atomic mass is 19.1. The zero-order valence-corrected chi connectivity index (χ0v) is 10.8. The lowest BCUT2D eigenvalue weighted by atomic mass is 10.1. The molecule has 0 aliphatic heterocycles. The fraction of sp³-hybridized carbons (Fsp3) is 0.231.